The van der Waals surface area contributed by atoms with E-state index >= 15 is 0 Å². The lowest BCUT2D eigenvalue weighted by molar-refractivity contribution is 0.189. The van der Waals surface area contributed by atoms with E-state index in [1.807, 2.05) is 0 Å². The predicted molar refractivity (Wildman–Crippen MR) is 57.3 cm³/mol. The Labute approximate surface area is 94.6 Å². The van der Waals surface area contributed by atoms with Crippen molar-refractivity contribution in [1.29, 1.82) is 0 Å². The summed E-state index contributed by atoms with van der Waals surface area (Å²) in [7, 11) is 0. The molecule has 5 heteroatoms. The average Bonchev–Trinajstić information content (AvgIpc) is 3.01. The van der Waals surface area contributed by atoms with Gasteiger partial charge >= 0.3 is 0 Å². The zero-order chi connectivity index (χ0) is 10.8. The van der Waals surface area contributed by atoms with Gasteiger partial charge in [0.1, 0.15) is 0 Å². The zero-order valence-electron chi connectivity index (χ0n) is 9.32. The Hall–Kier alpha value is -0.940. The molecule has 88 valence electrons. The van der Waals surface area contributed by atoms with Crippen LogP contribution < -0.4 is 5.32 Å². The molecule has 1 aromatic heterocycles. The van der Waals surface area contributed by atoms with Gasteiger partial charge in [-0.3, -0.25) is 0 Å². The van der Waals surface area contributed by atoms with Crippen molar-refractivity contribution in [2.24, 2.45) is 0 Å². The number of nitrogens with one attached hydrogen (secondary N) is 1. The van der Waals surface area contributed by atoms with E-state index in [4.69, 9.17) is 9.26 Å². The molecule has 0 aromatic carbocycles. The van der Waals surface area contributed by atoms with Crippen LogP contribution in [0.4, 0.5) is 0 Å². The van der Waals surface area contributed by atoms with E-state index in [2.05, 4.69) is 15.5 Å². The summed E-state index contributed by atoms with van der Waals surface area (Å²) >= 11 is 0. The normalized spacial score (nSPS) is 27.4. The number of hydrogen-bond acceptors (Lipinski definition) is 5. The molecule has 2 fully saturated rings. The molecule has 2 saturated heterocycles. The second kappa shape index (κ2) is 4.51. The highest BCUT2D eigenvalue weighted by molar-refractivity contribution is 5.01. The zero-order valence-corrected chi connectivity index (χ0v) is 9.32. The van der Waals surface area contributed by atoms with Gasteiger partial charge in [0.2, 0.25) is 5.89 Å². The van der Waals surface area contributed by atoms with E-state index in [0.29, 0.717) is 11.8 Å². The van der Waals surface area contributed by atoms with Crippen molar-refractivity contribution >= 4 is 0 Å². The van der Waals surface area contributed by atoms with E-state index in [9.17, 15) is 0 Å². The van der Waals surface area contributed by atoms with Crippen molar-refractivity contribution in [1.82, 2.24) is 15.5 Å². The first-order valence-corrected chi connectivity index (χ1v) is 6.05. The third-order valence-electron chi connectivity index (χ3n) is 3.44. The third kappa shape index (κ3) is 1.97. The van der Waals surface area contributed by atoms with Gasteiger partial charge < -0.3 is 14.6 Å². The first-order chi connectivity index (χ1) is 7.93. The second-order valence-electron chi connectivity index (χ2n) is 4.58. The predicted octanol–water partition coefficient (Wildman–Crippen LogP) is 1.04. The van der Waals surface area contributed by atoms with E-state index in [1.165, 1.54) is 0 Å². The molecule has 1 aromatic rings. The van der Waals surface area contributed by atoms with Gasteiger partial charge in [-0.15, -0.1) is 0 Å². The molecule has 2 aliphatic rings. The number of ether oxygens (including phenoxy) is 1. The summed E-state index contributed by atoms with van der Waals surface area (Å²) in [6, 6.07) is 0. The maximum Gasteiger partial charge on any atom is 0.232 e. The Balaban J connectivity index is 1.71. The molecule has 0 amide bonds. The maximum atomic E-state index is 5.34. The molecule has 0 radical (unpaired) electrons. The van der Waals surface area contributed by atoms with Crippen LogP contribution in [-0.2, 0) is 4.74 Å². The van der Waals surface area contributed by atoms with E-state index < -0.39 is 0 Å². The topological polar surface area (TPSA) is 60.2 Å². The summed E-state index contributed by atoms with van der Waals surface area (Å²) < 4.78 is 10.7. The van der Waals surface area contributed by atoms with E-state index in [0.717, 1.165) is 57.3 Å². The van der Waals surface area contributed by atoms with Gasteiger partial charge in [-0.25, -0.2) is 0 Å². The van der Waals surface area contributed by atoms with Gasteiger partial charge in [0, 0.05) is 12.5 Å². The highest BCUT2D eigenvalue weighted by Crippen LogP contribution is 2.27. The molecule has 1 unspecified atom stereocenters. The summed E-state index contributed by atoms with van der Waals surface area (Å²) in [6.45, 7) is 3.66. The molecule has 0 saturated carbocycles. The van der Waals surface area contributed by atoms with E-state index in [-0.39, 0.29) is 0 Å². The first-order valence-electron chi connectivity index (χ1n) is 6.05. The summed E-state index contributed by atoms with van der Waals surface area (Å²) in [4.78, 5) is 4.53. The Kier molecular flexibility index (Phi) is 2.88. The quantitative estimate of drug-likeness (QED) is 0.811. The minimum absolute atomic E-state index is 0.322. The van der Waals surface area contributed by atoms with Gasteiger partial charge in [-0.05, 0) is 32.4 Å². The van der Waals surface area contributed by atoms with Gasteiger partial charge in [0.15, 0.2) is 5.82 Å². The SMILES string of the molecule is C1CC(c2noc(C3CCOC3)n2)CCN1. The molecule has 2 aliphatic heterocycles. The third-order valence-corrected chi connectivity index (χ3v) is 3.44. The number of hydrogen-bond donors (Lipinski definition) is 1. The molecule has 5 nitrogen and oxygen atoms in total. The van der Waals surface area contributed by atoms with Gasteiger partial charge in [-0.2, -0.15) is 4.98 Å². The van der Waals surface area contributed by atoms with Crippen molar-refractivity contribution in [3.05, 3.63) is 11.7 Å². The van der Waals surface area contributed by atoms with Gasteiger partial charge in [0.25, 0.3) is 0 Å². The van der Waals surface area contributed by atoms with Crippen LogP contribution in [0.1, 0.15) is 42.8 Å². The van der Waals surface area contributed by atoms with Gasteiger partial charge in [0.05, 0.1) is 12.5 Å². The van der Waals surface area contributed by atoms with Crippen LogP contribution in [0.2, 0.25) is 0 Å². The molecule has 0 aliphatic carbocycles. The summed E-state index contributed by atoms with van der Waals surface area (Å²) in [6.07, 6.45) is 3.23. The number of aromatic nitrogens is 2. The number of rotatable bonds is 2. The van der Waals surface area contributed by atoms with Crippen LogP contribution in [0.5, 0.6) is 0 Å². The molecule has 3 rings (SSSR count). The lowest BCUT2D eigenvalue weighted by atomic mass is 9.97. The Morgan fingerprint density at radius 3 is 2.75 bits per heavy atom. The fraction of sp³-hybridized carbons (Fsp3) is 0.818. The van der Waals surface area contributed by atoms with Gasteiger partial charge in [-0.1, -0.05) is 5.16 Å². The van der Waals surface area contributed by atoms with Crippen molar-refractivity contribution in [3.63, 3.8) is 0 Å². The van der Waals surface area contributed by atoms with Crippen molar-refractivity contribution in [3.8, 4) is 0 Å². The molecule has 3 heterocycles. The second-order valence-corrected chi connectivity index (χ2v) is 4.58. The van der Waals surface area contributed by atoms with Crippen LogP contribution in [0, 0.1) is 0 Å². The standard InChI is InChI=1S/C11H17N3O2/c1-4-12-5-2-8(1)10-13-11(16-14-10)9-3-6-15-7-9/h8-9,12H,1-7H2. The monoisotopic (exact) mass is 223 g/mol. The van der Waals surface area contributed by atoms with Crippen molar-refractivity contribution < 1.29 is 9.26 Å². The Bertz CT molecular complexity index is 341. The van der Waals surface area contributed by atoms with E-state index in [1.54, 1.807) is 0 Å². The van der Waals surface area contributed by atoms with Crippen LogP contribution >= 0.6 is 0 Å². The van der Waals surface area contributed by atoms with Crippen LogP contribution in [0.15, 0.2) is 4.52 Å². The van der Waals surface area contributed by atoms with Crippen LogP contribution in [0.3, 0.4) is 0 Å². The smallest absolute Gasteiger partial charge is 0.232 e. The fourth-order valence-corrected chi connectivity index (χ4v) is 2.39. The minimum Gasteiger partial charge on any atom is -0.381 e. The number of nitrogens with zero attached hydrogens (tertiary/aromatic N) is 2. The highest BCUT2D eigenvalue weighted by atomic mass is 16.5. The largest absolute Gasteiger partial charge is 0.381 e. The Morgan fingerprint density at radius 2 is 2.00 bits per heavy atom. The Morgan fingerprint density at radius 1 is 1.12 bits per heavy atom. The summed E-state index contributed by atoms with van der Waals surface area (Å²) in [5.74, 6) is 2.46. The molecular weight excluding hydrogens is 206 g/mol. The van der Waals surface area contributed by atoms with Crippen LogP contribution in [0.25, 0.3) is 0 Å². The molecule has 0 bridgehead atoms. The lowest BCUT2D eigenvalue weighted by Gasteiger charge is -2.19. The molecule has 1 N–H and O–H groups in total. The number of piperidine rings is 1. The molecule has 16 heavy (non-hydrogen) atoms. The average molecular weight is 223 g/mol. The lowest BCUT2D eigenvalue weighted by Crippen LogP contribution is -2.27. The van der Waals surface area contributed by atoms with Crippen LogP contribution in [-0.4, -0.2) is 36.4 Å². The minimum atomic E-state index is 0.322. The first kappa shape index (κ1) is 10.2. The van der Waals surface area contributed by atoms with Crippen molar-refractivity contribution in [2.45, 2.75) is 31.1 Å². The summed E-state index contributed by atoms with van der Waals surface area (Å²) in [5, 5.41) is 7.46. The molecule has 1 atom stereocenters. The maximum absolute atomic E-state index is 5.34. The van der Waals surface area contributed by atoms with Crippen molar-refractivity contribution in [2.75, 3.05) is 26.3 Å². The molecular formula is C11H17N3O2. The summed E-state index contributed by atoms with van der Waals surface area (Å²) in [5.41, 5.74) is 0. The highest BCUT2D eigenvalue weighted by Gasteiger charge is 2.26. The molecule has 0 spiro atoms. The fourth-order valence-electron chi connectivity index (χ4n) is 2.39.